The van der Waals surface area contributed by atoms with Gasteiger partial charge < -0.3 is 29.3 Å². The number of phenolic OH excluding ortho intramolecular Hbond substituents is 1. The highest BCUT2D eigenvalue weighted by molar-refractivity contribution is 6.46. The van der Waals surface area contributed by atoms with Crippen LogP contribution in [0.5, 0.6) is 23.0 Å². The average Bonchev–Trinajstić information content (AvgIpc) is 3.14. The highest BCUT2D eigenvalue weighted by Crippen LogP contribution is 2.45. The van der Waals surface area contributed by atoms with E-state index in [-0.39, 0.29) is 51.6 Å². The number of likely N-dealkylation sites (tertiary alicyclic amines) is 1. The van der Waals surface area contributed by atoms with Gasteiger partial charge in [0.15, 0.2) is 11.5 Å². The second kappa shape index (κ2) is 11.2. The molecule has 0 spiro atoms. The lowest BCUT2D eigenvalue weighted by atomic mass is 9.94. The average molecular weight is 558 g/mol. The molecule has 4 rings (SSSR count). The van der Waals surface area contributed by atoms with Gasteiger partial charge in [0.2, 0.25) is 0 Å². The molecule has 1 unspecified atom stereocenters. The summed E-state index contributed by atoms with van der Waals surface area (Å²) in [4.78, 5) is 28.2. The van der Waals surface area contributed by atoms with E-state index in [1.165, 1.54) is 43.4 Å². The SMILES string of the molecule is CCOc1cc(C2/C(=C(\O)c3cc(Cl)cc(Cl)c3OC)C(=O)C(=O)N2Cc2cccc(OC)c2)ccc1O. The molecule has 198 valence electrons. The van der Waals surface area contributed by atoms with E-state index in [4.69, 9.17) is 37.4 Å². The van der Waals surface area contributed by atoms with E-state index in [0.717, 1.165) is 0 Å². The Morgan fingerprint density at radius 1 is 1.03 bits per heavy atom. The molecule has 3 aromatic rings. The molecule has 1 saturated heterocycles. The van der Waals surface area contributed by atoms with Crippen LogP contribution in [-0.4, -0.2) is 47.6 Å². The normalized spacial score (nSPS) is 16.6. The summed E-state index contributed by atoms with van der Waals surface area (Å²) in [5.41, 5.74) is 0.992. The van der Waals surface area contributed by atoms with E-state index in [1.54, 1.807) is 37.3 Å². The predicted octanol–water partition coefficient (Wildman–Crippen LogP) is 5.74. The fourth-order valence-electron chi connectivity index (χ4n) is 4.42. The molecular weight excluding hydrogens is 533 g/mol. The number of phenols is 1. The maximum absolute atomic E-state index is 13.5. The molecule has 1 heterocycles. The molecule has 38 heavy (non-hydrogen) atoms. The summed E-state index contributed by atoms with van der Waals surface area (Å²) in [5, 5.41) is 22.1. The lowest BCUT2D eigenvalue weighted by molar-refractivity contribution is -0.140. The minimum Gasteiger partial charge on any atom is -0.507 e. The molecule has 10 heteroatoms. The van der Waals surface area contributed by atoms with Crippen molar-refractivity contribution in [2.45, 2.75) is 19.5 Å². The lowest BCUT2D eigenvalue weighted by Gasteiger charge is -2.26. The van der Waals surface area contributed by atoms with Crippen molar-refractivity contribution < 1.29 is 34.0 Å². The number of aliphatic hydroxyl groups excluding tert-OH is 1. The van der Waals surface area contributed by atoms with Gasteiger partial charge >= 0.3 is 0 Å². The monoisotopic (exact) mass is 557 g/mol. The van der Waals surface area contributed by atoms with Gasteiger partial charge in [-0.05, 0) is 54.4 Å². The maximum Gasteiger partial charge on any atom is 0.295 e. The van der Waals surface area contributed by atoms with Gasteiger partial charge in [-0.25, -0.2) is 0 Å². The van der Waals surface area contributed by atoms with Gasteiger partial charge in [0.1, 0.15) is 17.3 Å². The molecule has 1 fully saturated rings. The van der Waals surface area contributed by atoms with Crippen LogP contribution in [0.2, 0.25) is 10.0 Å². The zero-order chi connectivity index (χ0) is 27.6. The summed E-state index contributed by atoms with van der Waals surface area (Å²) >= 11 is 12.5. The topological polar surface area (TPSA) is 106 Å². The number of benzene rings is 3. The molecular formula is C28H25Cl2NO7. The molecule has 1 amide bonds. The molecule has 0 aromatic heterocycles. The Morgan fingerprint density at radius 2 is 1.79 bits per heavy atom. The molecule has 3 aromatic carbocycles. The van der Waals surface area contributed by atoms with Crippen LogP contribution in [0.4, 0.5) is 0 Å². The molecule has 0 saturated carbocycles. The molecule has 0 aliphatic carbocycles. The fraction of sp³-hybridized carbons (Fsp3) is 0.214. The van der Waals surface area contributed by atoms with Gasteiger partial charge in [0.05, 0.1) is 43.0 Å². The third kappa shape index (κ3) is 5.10. The van der Waals surface area contributed by atoms with Gasteiger partial charge in [-0.2, -0.15) is 0 Å². The second-order valence-electron chi connectivity index (χ2n) is 8.41. The van der Waals surface area contributed by atoms with Crippen molar-refractivity contribution in [2.24, 2.45) is 0 Å². The van der Waals surface area contributed by atoms with Gasteiger partial charge in [0, 0.05) is 11.6 Å². The predicted molar refractivity (Wildman–Crippen MR) is 143 cm³/mol. The van der Waals surface area contributed by atoms with Crippen LogP contribution in [0.3, 0.4) is 0 Å². The first-order chi connectivity index (χ1) is 18.2. The van der Waals surface area contributed by atoms with Crippen molar-refractivity contribution in [3.05, 3.63) is 86.9 Å². The molecule has 1 aliphatic rings. The lowest BCUT2D eigenvalue weighted by Crippen LogP contribution is -2.29. The number of hydrogen-bond acceptors (Lipinski definition) is 7. The highest BCUT2D eigenvalue weighted by Gasteiger charge is 2.46. The van der Waals surface area contributed by atoms with Crippen LogP contribution in [-0.2, 0) is 16.1 Å². The van der Waals surface area contributed by atoms with Gasteiger partial charge in [0.25, 0.3) is 11.7 Å². The first-order valence-corrected chi connectivity index (χ1v) is 12.4. The Kier molecular flexibility index (Phi) is 8.04. The highest BCUT2D eigenvalue weighted by atomic mass is 35.5. The molecule has 1 atom stereocenters. The fourth-order valence-corrected chi connectivity index (χ4v) is 4.99. The third-order valence-electron chi connectivity index (χ3n) is 6.09. The Bertz CT molecular complexity index is 1440. The summed E-state index contributed by atoms with van der Waals surface area (Å²) in [6.07, 6.45) is 0. The minimum absolute atomic E-state index is 0.0293. The summed E-state index contributed by atoms with van der Waals surface area (Å²) in [5.74, 6) is -1.50. The Hall–Kier alpha value is -3.88. The summed E-state index contributed by atoms with van der Waals surface area (Å²) < 4.78 is 16.2. The molecule has 0 bridgehead atoms. The van der Waals surface area contributed by atoms with Crippen molar-refractivity contribution >= 4 is 40.7 Å². The number of rotatable bonds is 8. The molecule has 0 radical (unpaired) electrons. The number of ether oxygens (including phenoxy) is 3. The zero-order valence-electron chi connectivity index (χ0n) is 20.8. The Balaban J connectivity index is 1.95. The number of nitrogens with zero attached hydrogens (tertiary/aromatic N) is 1. The Labute approximate surface area is 229 Å². The summed E-state index contributed by atoms with van der Waals surface area (Å²) in [7, 11) is 2.89. The number of Topliss-reactive ketones (excluding diaryl/α,β-unsaturated/α-hetero) is 1. The van der Waals surface area contributed by atoms with Crippen LogP contribution >= 0.6 is 23.2 Å². The van der Waals surface area contributed by atoms with Crippen molar-refractivity contribution in [2.75, 3.05) is 20.8 Å². The third-order valence-corrected chi connectivity index (χ3v) is 6.59. The second-order valence-corrected chi connectivity index (χ2v) is 9.25. The zero-order valence-corrected chi connectivity index (χ0v) is 22.3. The van der Waals surface area contributed by atoms with Crippen molar-refractivity contribution in [3.63, 3.8) is 0 Å². The van der Waals surface area contributed by atoms with Crippen LogP contribution in [0.25, 0.3) is 5.76 Å². The minimum atomic E-state index is -1.04. The number of carbonyl (C=O) groups excluding carboxylic acids is 2. The quantitative estimate of drug-likeness (QED) is 0.207. The van der Waals surface area contributed by atoms with Gasteiger partial charge in [-0.15, -0.1) is 0 Å². The first-order valence-electron chi connectivity index (χ1n) is 11.6. The van der Waals surface area contributed by atoms with Crippen LogP contribution < -0.4 is 14.2 Å². The number of ketones is 1. The van der Waals surface area contributed by atoms with Crippen molar-refractivity contribution in [1.82, 2.24) is 4.90 Å². The number of hydrogen-bond donors (Lipinski definition) is 2. The van der Waals surface area contributed by atoms with Crippen LogP contribution in [0, 0.1) is 0 Å². The van der Waals surface area contributed by atoms with E-state index in [2.05, 4.69) is 0 Å². The number of methoxy groups -OCH3 is 2. The largest absolute Gasteiger partial charge is 0.507 e. The van der Waals surface area contributed by atoms with E-state index in [0.29, 0.717) is 16.9 Å². The smallest absolute Gasteiger partial charge is 0.295 e. The molecule has 2 N–H and O–H groups in total. The first kappa shape index (κ1) is 27.2. The van der Waals surface area contributed by atoms with E-state index < -0.39 is 23.5 Å². The number of aromatic hydroxyl groups is 1. The standard InChI is InChI=1S/C28H25Cl2NO7/c1-4-38-22-11-16(8-9-21(22)32)24-23(25(33)19-12-17(29)13-20(30)27(19)37-3)26(34)28(35)31(24)14-15-6-5-7-18(10-15)36-2/h5-13,24,32-33H,4,14H2,1-3H3/b25-23+. The Morgan fingerprint density at radius 3 is 2.47 bits per heavy atom. The number of aliphatic hydroxyl groups is 1. The summed E-state index contributed by atoms with van der Waals surface area (Å²) in [6.45, 7) is 2.07. The van der Waals surface area contributed by atoms with Gasteiger partial charge in [-0.1, -0.05) is 41.4 Å². The van der Waals surface area contributed by atoms with Crippen molar-refractivity contribution in [1.29, 1.82) is 0 Å². The number of carbonyl (C=O) groups is 2. The van der Waals surface area contributed by atoms with E-state index >= 15 is 0 Å². The van der Waals surface area contributed by atoms with E-state index in [1.807, 2.05) is 0 Å². The maximum atomic E-state index is 13.5. The number of halogens is 2. The summed E-state index contributed by atoms with van der Waals surface area (Å²) in [6, 6.07) is 13.4. The molecule has 1 aliphatic heterocycles. The van der Waals surface area contributed by atoms with Crippen LogP contribution in [0.1, 0.15) is 29.7 Å². The molecule has 8 nitrogen and oxygen atoms in total. The van der Waals surface area contributed by atoms with Gasteiger partial charge in [-0.3, -0.25) is 9.59 Å². The van der Waals surface area contributed by atoms with E-state index in [9.17, 15) is 19.8 Å². The van der Waals surface area contributed by atoms with Crippen molar-refractivity contribution in [3.8, 4) is 23.0 Å². The van der Waals surface area contributed by atoms with Crippen LogP contribution in [0.15, 0.2) is 60.2 Å². The number of amides is 1.